The normalized spacial score (nSPS) is 11.2. The van der Waals surface area contributed by atoms with E-state index in [-0.39, 0.29) is 5.91 Å². The molecule has 0 saturated carbocycles. The van der Waals surface area contributed by atoms with E-state index in [2.05, 4.69) is 26.4 Å². The molecule has 0 fully saturated rings. The number of aromatic nitrogens is 4. The summed E-state index contributed by atoms with van der Waals surface area (Å²) in [6.07, 6.45) is 0.676. The van der Waals surface area contributed by atoms with Crippen molar-refractivity contribution in [2.75, 3.05) is 6.54 Å². The maximum Gasteiger partial charge on any atom is 0.252 e. The van der Waals surface area contributed by atoms with E-state index >= 15 is 0 Å². The minimum atomic E-state index is -0.109. The summed E-state index contributed by atoms with van der Waals surface area (Å²) in [5.74, 6) is -0.109. The lowest BCUT2D eigenvalue weighted by atomic mass is 10.1. The standard InChI is InChI=1S/C21H21N5O/c1-13-12-17(19-14(2)25-26(3)20(19)23-13)21(27)22-11-10-16-9-8-15-6-4-5-7-18(15)24-16/h4-9,12H,10-11H2,1-3H3,(H,22,27). The molecule has 1 aromatic carbocycles. The molecule has 0 radical (unpaired) electrons. The number of benzene rings is 1. The molecule has 6 nitrogen and oxygen atoms in total. The Hall–Kier alpha value is -3.28. The summed E-state index contributed by atoms with van der Waals surface area (Å²) in [6, 6.07) is 13.9. The molecule has 3 aromatic heterocycles. The fourth-order valence-electron chi connectivity index (χ4n) is 3.40. The van der Waals surface area contributed by atoms with E-state index in [1.165, 1.54) is 0 Å². The third-order valence-corrected chi connectivity index (χ3v) is 4.66. The molecular formula is C21H21N5O. The maximum absolute atomic E-state index is 12.8. The van der Waals surface area contributed by atoms with Crippen LogP contribution in [-0.2, 0) is 13.5 Å². The summed E-state index contributed by atoms with van der Waals surface area (Å²) in [7, 11) is 1.84. The zero-order valence-corrected chi connectivity index (χ0v) is 15.7. The molecular weight excluding hydrogens is 338 g/mol. The molecule has 0 bridgehead atoms. The van der Waals surface area contributed by atoms with Crippen molar-refractivity contribution in [1.82, 2.24) is 25.1 Å². The molecule has 1 amide bonds. The first-order valence-corrected chi connectivity index (χ1v) is 8.97. The summed E-state index contributed by atoms with van der Waals surface area (Å²) in [5.41, 5.74) is 4.89. The van der Waals surface area contributed by atoms with Gasteiger partial charge in [0.15, 0.2) is 5.65 Å². The van der Waals surface area contributed by atoms with Crippen molar-refractivity contribution in [3.05, 3.63) is 65.1 Å². The Labute approximate surface area is 157 Å². The molecule has 136 valence electrons. The number of carbonyl (C=O) groups is 1. The van der Waals surface area contributed by atoms with E-state index in [0.29, 0.717) is 18.5 Å². The Balaban J connectivity index is 1.52. The van der Waals surface area contributed by atoms with Crippen molar-refractivity contribution in [3.63, 3.8) is 0 Å². The van der Waals surface area contributed by atoms with Crippen LogP contribution in [0.4, 0.5) is 0 Å². The fraction of sp³-hybridized carbons (Fsp3) is 0.238. The molecule has 0 aliphatic carbocycles. The second kappa shape index (κ2) is 6.79. The van der Waals surface area contributed by atoms with Crippen molar-refractivity contribution in [3.8, 4) is 0 Å². The minimum Gasteiger partial charge on any atom is -0.352 e. The molecule has 3 heterocycles. The van der Waals surface area contributed by atoms with E-state index in [9.17, 15) is 4.79 Å². The number of para-hydroxylation sites is 1. The van der Waals surface area contributed by atoms with Crippen LogP contribution in [0.2, 0.25) is 0 Å². The third-order valence-electron chi connectivity index (χ3n) is 4.66. The quantitative estimate of drug-likeness (QED) is 0.608. The van der Waals surface area contributed by atoms with Crippen LogP contribution < -0.4 is 5.32 Å². The lowest BCUT2D eigenvalue weighted by Gasteiger charge is -2.08. The summed E-state index contributed by atoms with van der Waals surface area (Å²) in [4.78, 5) is 21.9. The van der Waals surface area contributed by atoms with Crippen LogP contribution in [0, 0.1) is 13.8 Å². The van der Waals surface area contributed by atoms with Gasteiger partial charge in [-0.1, -0.05) is 24.3 Å². The lowest BCUT2D eigenvalue weighted by Crippen LogP contribution is -2.26. The molecule has 4 rings (SSSR count). The Kier molecular flexibility index (Phi) is 4.32. The van der Waals surface area contributed by atoms with Crippen LogP contribution in [0.5, 0.6) is 0 Å². The predicted octanol–water partition coefficient (Wildman–Crippen LogP) is 3.11. The number of hydrogen-bond donors (Lipinski definition) is 1. The van der Waals surface area contributed by atoms with Crippen LogP contribution in [-0.4, -0.2) is 32.2 Å². The molecule has 0 aliphatic heterocycles. The van der Waals surface area contributed by atoms with Crippen LogP contribution in [0.25, 0.3) is 21.9 Å². The van der Waals surface area contributed by atoms with Crippen LogP contribution in [0.1, 0.15) is 27.4 Å². The number of carbonyl (C=O) groups excluding carboxylic acids is 1. The van der Waals surface area contributed by atoms with Gasteiger partial charge < -0.3 is 5.32 Å². The van der Waals surface area contributed by atoms with Crippen molar-refractivity contribution >= 4 is 27.8 Å². The Morgan fingerprint density at radius 1 is 1.11 bits per heavy atom. The van der Waals surface area contributed by atoms with Crippen LogP contribution in [0.3, 0.4) is 0 Å². The Morgan fingerprint density at radius 3 is 2.78 bits per heavy atom. The topological polar surface area (TPSA) is 72.7 Å². The van der Waals surface area contributed by atoms with Crippen molar-refractivity contribution in [2.45, 2.75) is 20.3 Å². The summed E-state index contributed by atoms with van der Waals surface area (Å²) >= 11 is 0. The van der Waals surface area contributed by atoms with E-state index in [0.717, 1.165) is 39.0 Å². The van der Waals surface area contributed by atoms with E-state index < -0.39 is 0 Å². The smallest absolute Gasteiger partial charge is 0.252 e. The van der Waals surface area contributed by atoms with Gasteiger partial charge in [-0.3, -0.25) is 14.5 Å². The number of nitrogens with zero attached hydrogens (tertiary/aromatic N) is 4. The first-order chi connectivity index (χ1) is 13.0. The number of pyridine rings is 2. The van der Waals surface area contributed by atoms with Gasteiger partial charge in [-0.25, -0.2) is 4.98 Å². The molecule has 0 aliphatic rings. The third kappa shape index (κ3) is 3.26. The predicted molar refractivity (Wildman–Crippen MR) is 106 cm³/mol. The molecule has 0 atom stereocenters. The Morgan fingerprint density at radius 2 is 1.93 bits per heavy atom. The lowest BCUT2D eigenvalue weighted by molar-refractivity contribution is 0.0955. The largest absolute Gasteiger partial charge is 0.352 e. The molecule has 4 aromatic rings. The Bertz CT molecular complexity index is 1160. The summed E-state index contributed by atoms with van der Waals surface area (Å²) in [6.45, 7) is 4.30. The first-order valence-electron chi connectivity index (χ1n) is 8.97. The second-order valence-corrected chi connectivity index (χ2v) is 6.72. The average Bonchev–Trinajstić information content (AvgIpc) is 2.94. The number of rotatable bonds is 4. The van der Waals surface area contributed by atoms with Gasteiger partial charge in [-0.15, -0.1) is 0 Å². The van der Waals surface area contributed by atoms with Gasteiger partial charge >= 0.3 is 0 Å². The van der Waals surface area contributed by atoms with Crippen molar-refractivity contribution in [1.29, 1.82) is 0 Å². The summed E-state index contributed by atoms with van der Waals surface area (Å²) in [5, 5.41) is 9.33. The van der Waals surface area contributed by atoms with Gasteiger partial charge in [-0.05, 0) is 32.0 Å². The van der Waals surface area contributed by atoms with Gasteiger partial charge in [0.25, 0.3) is 5.91 Å². The second-order valence-electron chi connectivity index (χ2n) is 6.72. The molecule has 27 heavy (non-hydrogen) atoms. The van der Waals surface area contributed by atoms with Crippen LogP contribution >= 0.6 is 0 Å². The van der Waals surface area contributed by atoms with Crippen LogP contribution in [0.15, 0.2) is 42.5 Å². The van der Waals surface area contributed by atoms with E-state index in [4.69, 9.17) is 0 Å². The van der Waals surface area contributed by atoms with Gasteiger partial charge in [0.05, 0.1) is 22.2 Å². The molecule has 6 heteroatoms. The number of fused-ring (bicyclic) bond motifs is 2. The van der Waals surface area contributed by atoms with Crippen molar-refractivity contribution < 1.29 is 4.79 Å². The maximum atomic E-state index is 12.8. The number of nitrogens with one attached hydrogen (secondary N) is 1. The number of aryl methyl sites for hydroxylation is 3. The average molecular weight is 359 g/mol. The molecule has 0 saturated heterocycles. The van der Waals surface area contributed by atoms with Crippen molar-refractivity contribution in [2.24, 2.45) is 7.05 Å². The highest BCUT2D eigenvalue weighted by molar-refractivity contribution is 6.06. The van der Waals surface area contributed by atoms with E-state index in [1.54, 1.807) is 4.68 Å². The molecule has 0 unspecified atom stereocenters. The fourth-order valence-corrected chi connectivity index (χ4v) is 3.40. The van der Waals surface area contributed by atoms with Gasteiger partial charge in [0.2, 0.25) is 0 Å². The first kappa shape index (κ1) is 17.1. The van der Waals surface area contributed by atoms with Gasteiger partial charge in [0.1, 0.15) is 0 Å². The minimum absolute atomic E-state index is 0.109. The highest BCUT2D eigenvalue weighted by atomic mass is 16.1. The highest BCUT2D eigenvalue weighted by Crippen LogP contribution is 2.21. The van der Waals surface area contributed by atoms with E-state index in [1.807, 2.05) is 57.3 Å². The monoisotopic (exact) mass is 359 g/mol. The SMILES string of the molecule is Cc1cc(C(=O)NCCc2ccc3ccccc3n2)c2c(C)nn(C)c2n1. The summed E-state index contributed by atoms with van der Waals surface area (Å²) < 4.78 is 1.72. The zero-order valence-electron chi connectivity index (χ0n) is 15.7. The van der Waals surface area contributed by atoms with Gasteiger partial charge in [-0.2, -0.15) is 5.10 Å². The molecule has 1 N–H and O–H groups in total. The number of amides is 1. The highest BCUT2D eigenvalue weighted by Gasteiger charge is 2.17. The van der Waals surface area contributed by atoms with Gasteiger partial charge in [0, 0.05) is 36.8 Å². The molecule has 0 spiro atoms. The number of hydrogen-bond acceptors (Lipinski definition) is 4. The zero-order chi connectivity index (χ0) is 19.0.